The Morgan fingerprint density at radius 1 is 0.458 bits per heavy atom. The van der Waals surface area contributed by atoms with Crippen molar-refractivity contribution >= 4 is 5.91 Å². The van der Waals surface area contributed by atoms with Crippen LogP contribution in [0.3, 0.4) is 0 Å². The number of allylic oxidation sites excluding steroid dienone is 5. The van der Waals surface area contributed by atoms with Crippen LogP contribution in [-0.2, 0) is 14.3 Å². The SMILES string of the molecule is CCCCCCCC/C=C\CCCCCCCCCCCC(=O)NC(COC1OC(CO)C(O)C(O)C1O)C(O)/C=C/CC/C=C/CCCCCCCCCCCCCCCCCCCCCCCCCC. The van der Waals surface area contributed by atoms with E-state index < -0.39 is 49.5 Å². The molecule has 1 aliphatic heterocycles. The highest BCUT2D eigenvalue weighted by Gasteiger charge is 2.44. The summed E-state index contributed by atoms with van der Waals surface area (Å²) < 4.78 is 11.3. The number of aliphatic hydroxyl groups excluding tert-OH is 5. The second-order valence-corrected chi connectivity index (χ2v) is 21.8. The number of amides is 1. The van der Waals surface area contributed by atoms with Crippen LogP contribution >= 0.6 is 0 Å². The number of ether oxygens (including phenoxy) is 2. The molecular formula is C63H119NO8. The van der Waals surface area contributed by atoms with E-state index >= 15 is 0 Å². The monoisotopic (exact) mass is 1020 g/mol. The third-order valence-corrected chi connectivity index (χ3v) is 14.9. The Morgan fingerprint density at radius 3 is 1.17 bits per heavy atom. The highest BCUT2D eigenvalue weighted by molar-refractivity contribution is 5.76. The summed E-state index contributed by atoms with van der Waals surface area (Å²) in [5, 5.41) is 54.6. The van der Waals surface area contributed by atoms with Crippen molar-refractivity contribution in [3.63, 3.8) is 0 Å². The van der Waals surface area contributed by atoms with Gasteiger partial charge in [-0.3, -0.25) is 4.79 Å². The zero-order valence-electron chi connectivity index (χ0n) is 47.2. The molecule has 72 heavy (non-hydrogen) atoms. The minimum Gasteiger partial charge on any atom is -0.394 e. The molecule has 0 spiro atoms. The number of carbonyl (C=O) groups is 1. The van der Waals surface area contributed by atoms with Crippen LogP contribution in [0.25, 0.3) is 0 Å². The first-order valence-electron chi connectivity index (χ1n) is 31.2. The zero-order valence-corrected chi connectivity index (χ0v) is 47.2. The van der Waals surface area contributed by atoms with Crippen molar-refractivity contribution in [1.82, 2.24) is 5.32 Å². The first-order valence-corrected chi connectivity index (χ1v) is 31.2. The molecule has 0 aliphatic carbocycles. The maximum atomic E-state index is 13.1. The quantitative estimate of drug-likeness (QED) is 0.0261. The molecule has 7 atom stereocenters. The van der Waals surface area contributed by atoms with Crippen molar-refractivity contribution in [3.05, 3.63) is 36.5 Å². The van der Waals surface area contributed by atoms with Gasteiger partial charge in [-0.05, 0) is 57.8 Å². The van der Waals surface area contributed by atoms with Crippen molar-refractivity contribution in [3.8, 4) is 0 Å². The Balaban J connectivity index is 2.19. The van der Waals surface area contributed by atoms with Gasteiger partial charge in [-0.15, -0.1) is 0 Å². The summed E-state index contributed by atoms with van der Waals surface area (Å²) in [6.45, 7) is 3.79. The average Bonchev–Trinajstić information content (AvgIpc) is 3.38. The topological polar surface area (TPSA) is 149 Å². The van der Waals surface area contributed by atoms with Gasteiger partial charge in [0.1, 0.15) is 24.4 Å². The van der Waals surface area contributed by atoms with Crippen LogP contribution in [0.1, 0.15) is 303 Å². The Labute approximate surface area is 444 Å². The minimum absolute atomic E-state index is 0.186. The molecule has 424 valence electrons. The molecule has 0 bridgehead atoms. The molecule has 6 N–H and O–H groups in total. The van der Waals surface area contributed by atoms with Gasteiger partial charge in [0.25, 0.3) is 0 Å². The van der Waals surface area contributed by atoms with Crippen LogP contribution in [0.15, 0.2) is 36.5 Å². The summed E-state index contributed by atoms with van der Waals surface area (Å²) >= 11 is 0. The fourth-order valence-electron chi connectivity index (χ4n) is 9.99. The summed E-state index contributed by atoms with van der Waals surface area (Å²) in [5.74, 6) is -0.186. The van der Waals surface area contributed by atoms with Crippen molar-refractivity contribution in [2.24, 2.45) is 0 Å². The minimum atomic E-state index is -1.57. The van der Waals surface area contributed by atoms with Gasteiger partial charge in [-0.2, -0.15) is 0 Å². The average molecular weight is 1020 g/mol. The lowest BCUT2D eigenvalue weighted by Gasteiger charge is -2.40. The van der Waals surface area contributed by atoms with E-state index in [-0.39, 0.29) is 12.5 Å². The lowest BCUT2D eigenvalue weighted by atomic mass is 9.99. The standard InChI is InChI=1S/C63H119NO8/c1-3-5-7-9-11-13-15-17-19-21-23-24-25-26-27-28-29-30-31-32-33-35-36-38-40-42-44-46-48-50-52-57(66)56(55-71-63-62(70)61(69)60(68)58(54-65)72-63)64-59(67)53-51-49-47-45-43-41-39-37-34-22-20-18-16-14-12-10-8-6-4-2/h18,20,42,44,50,52,56-58,60-63,65-66,68-70H,3-17,19,21-41,43,45-49,51,53-55H2,1-2H3,(H,64,67)/b20-18-,44-42+,52-50+. The number of carbonyl (C=O) groups excluding carboxylic acids is 1. The van der Waals surface area contributed by atoms with E-state index in [0.717, 1.165) is 38.5 Å². The summed E-state index contributed by atoms with van der Waals surface area (Å²) in [4.78, 5) is 13.1. The number of hydrogen-bond acceptors (Lipinski definition) is 8. The van der Waals surface area contributed by atoms with Crippen LogP contribution in [0.4, 0.5) is 0 Å². The van der Waals surface area contributed by atoms with Crippen molar-refractivity contribution in [2.45, 2.75) is 346 Å². The van der Waals surface area contributed by atoms with E-state index in [4.69, 9.17) is 9.47 Å². The maximum absolute atomic E-state index is 13.1. The fourth-order valence-corrected chi connectivity index (χ4v) is 9.99. The number of aliphatic hydroxyl groups is 5. The predicted octanol–water partition coefficient (Wildman–Crippen LogP) is 15.9. The van der Waals surface area contributed by atoms with Crippen molar-refractivity contribution in [2.75, 3.05) is 13.2 Å². The van der Waals surface area contributed by atoms with Crippen LogP contribution in [0.5, 0.6) is 0 Å². The van der Waals surface area contributed by atoms with Crippen LogP contribution < -0.4 is 5.32 Å². The van der Waals surface area contributed by atoms with E-state index in [9.17, 15) is 30.3 Å². The van der Waals surface area contributed by atoms with Gasteiger partial charge >= 0.3 is 0 Å². The zero-order chi connectivity index (χ0) is 52.2. The second kappa shape index (κ2) is 52.8. The van der Waals surface area contributed by atoms with Crippen LogP contribution in [-0.4, -0.2) is 87.5 Å². The third kappa shape index (κ3) is 41.6. The summed E-state index contributed by atoms with van der Waals surface area (Å²) in [7, 11) is 0. The highest BCUT2D eigenvalue weighted by atomic mass is 16.7. The molecule has 0 aromatic heterocycles. The molecule has 1 aliphatic rings. The lowest BCUT2D eigenvalue weighted by Crippen LogP contribution is -2.60. The Morgan fingerprint density at radius 2 is 0.792 bits per heavy atom. The van der Waals surface area contributed by atoms with Gasteiger partial charge in [0.2, 0.25) is 5.91 Å². The largest absolute Gasteiger partial charge is 0.394 e. The highest BCUT2D eigenvalue weighted by Crippen LogP contribution is 2.23. The third-order valence-electron chi connectivity index (χ3n) is 14.9. The van der Waals surface area contributed by atoms with Crippen molar-refractivity contribution in [1.29, 1.82) is 0 Å². The van der Waals surface area contributed by atoms with Gasteiger partial charge in [0, 0.05) is 6.42 Å². The molecular weight excluding hydrogens is 899 g/mol. The summed E-state index contributed by atoms with van der Waals surface area (Å²) in [5.41, 5.74) is 0. The lowest BCUT2D eigenvalue weighted by molar-refractivity contribution is -0.302. The number of nitrogens with one attached hydrogen (secondary N) is 1. The van der Waals surface area contributed by atoms with E-state index in [1.807, 2.05) is 6.08 Å². The van der Waals surface area contributed by atoms with E-state index in [0.29, 0.717) is 6.42 Å². The van der Waals surface area contributed by atoms with Crippen LogP contribution in [0, 0.1) is 0 Å². The van der Waals surface area contributed by atoms with Crippen molar-refractivity contribution < 1.29 is 39.8 Å². The van der Waals surface area contributed by atoms with Gasteiger partial charge in [0.05, 0.1) is 25.4 Å². The first-order chi connectivity index (χ1) is 35.3. The predicted molar refractivity (Wildman–Crippen MR) is 304 cm³/mol. The molecule has 0 aromatic rings. The number of unbranched alkanes of at least 4 members (excludes halogenated alkanes) is 40. The Bertz CT molecular complexity index is 1230. The molecule has 1 amide bonds. The molecule has 0 aromatic carbocycles. The van der Waals surface area contributed by atoms with Gasteiger partial charge < -0.3 is 40.3 Å². The molecule has 9 nitrogen and oxygen atoms in total. The maximum Gasteiger partial charge on any atom is 0.220 e. The molecule has 0 saturated carbocycles. The van der Waals surface area contributed by atoms with Crippen LogP contribution in [0.2, 0.25) is 0 Å². The number of hydrogen-bond donors (Lipinski definition) is 6. The summed E-state index contributed by atoms with van der Waals surface area (Å²) in [6.07, 6.45) is 62.3. The molecule has 0 radical (unpaired) electrons. The molecule has 1 fully saturated rings. The Hall–Kier alpha value is -1.59. The molecule has 1 heterocycles. The van der Waals surface area contributed by atoms with Gasteiger partial charge in [-0.1, -0.05) is 275 Å². The second-order valence-electron chi connectivity index (χ2n) is 21.8. The van der Waals surface area contributed by atoms with E-state index in [1.165, 1.54) is 244 Å². The smallest absolute Gasteiger partial charge is 0.220 e. The molecule has 1 rings (SSSR count). The number of rotatable bonds is 54. The normalized spacial score (nSPS) is 19.3. The molecule has 1 saturated heterocycles. The van der Waals surface area contributed by atoms with Gasteiger partial charge in [0.15, 0.2) is 6.29 Å². The molecule has 7 unspecified atom stereocenters. The van der Waals surface area contributed by atoms with Gasteiger partial charge in [-0.25, -0.2) is 0 Å². The summed E-state index contributed by atoms with van der Waals surface area (Å²) in [6, 6.07) is -0.823. The van der Waals surface area contributed by atoms with E-state index in [1.54, 1.807) is 6.08 Å². The molecule has 9 heteroatoms. The first kappa shape index (κ1) is 68.4. The fraction of sp³-hybridized carbons (Fsp3) is 0.889. The van der Waals surface area contributed by atoms with E-state index in [2.05, 4.69) is 43.5 Å². The Kier molecular flexibility index (Phi) is 50.2.